The van der Waals surface area contributed by atoms with E-state index in [1.54, 1.807) is 12.1 Å². The van der Waals surface area contributed by atoms with E-state index in [2.05, 4.69) is 10.6 Å². The summed E-state index contributed by atoms with van der Waals surface area (Å²) in [6.45, 7) is 0.969. The van der Waals surface area contributed by atoms with Gasteiger partial charge in [0.15, 0.2) is 0 Å². The number of anilines is 2. The monoisotopic (exact) mass is 359 g/mol. The first-order valence-electron chi connectivity index (χ1n) is 8.13. The molecule has 7 heteroatoms. The minimum atomic E-state index is -3.30. The second-order valence-electron chi connectivity index (χ2n) is 6.05. The number of sulfonamides is 1. The molecule has 25 heavy (non-hydrogen) atoms. The number of amides is 2. The van der Waals surface area contributed by atoms with Crippen LogP contribution < -0.4 is 14.9 Å². The lowest BCUT2D eigenvalue weighted by Gasteiger charge is -2.17. The molecule has 2 amide bonds. The summed E-state index contributed by atoms with van der Waals surface area (Å²) in [5.74, 6) is 0. The molecule has 2 aromatic rings. The molecule has 0 saturated carbocycles. The molecule has 0 bridgehead atoms. The molecule has 0 atom stereocenters. The number of benzene rings is 2. The van der Waals surface area contributed by atoms with Gasteiger partial charge in [-0.2, -0.15) is 0 Å². The van der Waals surface area contributed by atoms with E-state index >= 15 is 0 Å². The van der Waals surface area contributed by atoms with Crippen LogP contribution in [0.5, 0.6) is 0 Å². The van der Waals surface area contributed by atoms with Crippen LogP contribution in [0.2, 0.25) is 0 Å². The summed E-state index contributed by atoms with van der Waals surface area (Å²) in [5.41, 5.74) is 3.35. The largest absolute Gasteiger partial charge is 0.338 e. The first kappa shape index (κ1) is 17.3. The lowest BCUT2D eigenvalue weighted by Crippen LogP contribution is -2.30. The second-order valence-corrected chi connectivity index (χ2v) is 7.95. The van der Waals surface area contributed by atoms with Crippen LogP contribution in [0.3, 0.4) is 0 Å². The predicted molar refractivity (Wildman–Crippen MR) is 99.5 cm³/mol. The summed E-state index contributed by atoms with van der Waals surface area (Å²) < 4.78 is 25.0. The van der Waals surface area contributed by atoms with Gasteiger partial charge in [-0.15, -0.1) is 0 Å². The number of hydrogen-bond donors (Lipinski definition) is 2. The Balaban J connectivity index is 1.59. The number of fused-ring (bicyclic) bond motifs is 1. The molecule has 3 rings (SSSR count). The van der Waals surface area contributed by atoms with Gasteiger partial charge in [0.1, 0.15) is 0 Å². The molecule has 1 aliphatic rings. The molecular formula is C18H21N3O3S. The number of nitrogens with one attached hydrogen (secondary N) is 2. The zero-order valence-electron chi connectivity index (χ0n) is 14.0. The third-order valence-corrected chi connectivity index (χ3v) is 5.32. The standard InChI is InChI=1S/C18H21N3O3S/c1-25(23,24)21-12-10-15-7-8-16(13-17(15)21)20-18(22)19-11-9-14-5-3-2-4-6-14/h2-8,13H,9-12H2,1H3,(H2,19,20,22). The molecule has 2 N–H and O–H groups in total. The number of carbonyl (C=O) groups excluding carboxylic acids is 1. The quantitative estimate of drug-likeness (QED) is 0.860. The van der Waals surface area contributed by atoms with Crippen LogP contribution >= 0.6 is 0 Å². The topological polar surface area (TPSA) is 78.5 Å². The highest BCUT2D eigenvalue weighted by Gasteiger charge is 2.26. The van der Waals surface area contributed by atoms with Crippen molar-refractivity contribution in [3.8, 4) is 0 Å². The van der Waals surface area contributed by atoms with Crippen LogP contribution in [-0.4, -0.2) is 33.8 Å². The molecule has 1 heterocycles. The highest BCUT2D eigenvalue weighted by molar-refractivity contribution is 7.92. The minimum absolute atomic E-state index is 0.306. The van der Waals surface area contributed by atoms with E-state index in [-0.39, 0.29) is 6.03 Å². The van der Waals surface area contributed by atoms with Gasteiger partial charge in [0.05, 0.1) is 11.9 Å². The number of nitrogens with zero attached hydrogens (tertiary/aromatic N) is 1. The lowest BCUT2D eigenvalue weighted by molar-refractivity contribution is 0.252. The number of rotatable bonds is 5. The van der Waals surface area contributed by atoms with Crippen molar-refractivity contribution in [3.05, 3.63) is 59.7 Å². The summed E-state index contributed by atoms with van der Waals surface area (Å²) in [6, 6.07) is 15.0. The highest BCUT2D eigenvalue weighted by atomic mass is 32.2. The van der Waals surface area contributed by atoms with Gasteiger partial charge in [-0.25, -0.2) is 13.2 Å². The molecule has 0 aromatic heterocycles. The van der Waals surface area contributed by atoms with E-state index in [9.17, 15) is 13.2 Å². The first-order valence-corrected chi connectivity index (χ1v) is 9.98. The summed E-state index contributed by atoms with van der Waals surface area (Å²) in [5, 5.41) is 5.57. The Labute approximate surface area is 147 Å². The van der Waals surface area contributed by atoms with Crippen LogP contribution in [-0.2, 0) is 22.9 Å². The summed E-state index contributed by atoms with van der Waals surface area (Å²) in [4.78, 5) is 12.0. The molecule has 132 valence electrons. The van der Waals surface area contributed by atoms with E-state index in [0.29, 0.717) is 30.9 Å². The Bertz CT molecular complexity index is 866. The minimum Gasteiger partial charge on any atom is -0.338 e. The summed E-state index contributed by atoms with van der Waals surface area (Å²) >= 11 is 0. The van der Waals surface area contributed by atoms with Gasteiger partial charge >= 0.3 is 6.03 Å². The number of carbonyl (C=O) groups is 1. The molecular weight excluding hydrogens is 338 g/mol. The predicted octanol–water partition coefficient (Wildman–Crippen LogP) is 2.37. The van der Waals surface area contributed by atoms with Crippen molar-refractivity contribution in [2.45, 2.75) is 12.8 Å². The van der Waals surface area contributed by atoms with Crippen LogP contribution in [0.1, 0.15) is 11.1 Å². The fourth-order valence-corrected chi connectivity index (χ4v) is 3.86. The third kappa shape index (κ3) is 4.30. The summed E-state index contributed by atoms with van der Waals surface area (Å²) in [7, 11) is -3.30. The van der Waals surface area contributed by atoms with Gasteiger partial charge in [0, 0.05) is 18.8 Å². The molecule has 0 radical (unpaired) electrons. The van der Waals surface area contributed by atoms with Crippen molar-refractivity contribution in [1.82, 2.24) is 5.32 Å². The summed E-state index contributed by atoms with van der Waals surface area (Å²) in [6.07, 6.45) is 2.63. The molecule has 0 spiro atoms. The van der Waals surface area contributed by atoms with Crippen LogP contribution in [0.15, 0.2) is 48.5 Å². The van der Waals surface area contributed by atoms with E-state index in [1.807, 2.05) is 36.4 Å². The SMILES string of the molecule is CS(=O)(=O)N1CCc2ccc(NC(=O)NCCc3ccccc3)cc21. The Hall–Kier alpha value is -2.54. The van der Waals surface area contributed by atoms with Crippen molar-refractivity contribution in [2.24, 2.45) is 0 Å². The van der Waals surface area contributed by atoms with Gasteiger partial charge in [0.2, 0.25) is 10.0 Å². The third-order valence-electron chi connectivity index (χ3n) is 4.14. The van der Waals surface area contributed by atoms with Crippen molar-refractivity contribution in [2.75, 3.05) is 29.0 Å². The number of urea groups is 1. The fraction of sp³-hybridized carbons (Fsp3) is 0.278. The zero-order chi connectivity index (χ0) is 17.9. The van der Waals surface area contributed by atoms with Crippen molar-refractivity contribution in [3.63, 3.8) is 0 Å². The van der Waals surface area contributed by atoms with Gasteiger partial charge in [-0.05, 0) is 36.1 Å². The molecule has 1 aliphatic heterocycles. The molecule has 0 aliphatic carbocycles. The maximum absolute atomic E-state index is 12.0. The van der Waals surface area contributed by atoms with Crippen LogP contribution in [0.25, 0.3) is 0 Å². The highest BCUT2D eigenvalue weighted by Crippen LogP contribution is 2.32. The average Bonchev–Trinajstić information content (AvgIpc) is 2.99. The van der Waals surface area contributed by atoms with E-state index in [4.69, 9.17) is 0 Å². The maximum atomic E-state index is 12.0. The second kappa shape index (κ2) is 7.14. The van der Waals surface area contributed by atoms with Crippen LogP contribution in [0, 0.1) is 0 Å². The van der Waals surface area contributed by atoms with Gasteiger partial charge in [-0.1, -0.05) is 36.4 Å². The van der Waals surface area contributed by atoms with E-state index < -0.39 is 10.0 Å². The first-order chi connectivity index (χ1) is 11.9. The lowest BCUT2D eigenvalue weighted by atomic mass is 10.1. The Kier molecular flexibility index (Phi) is 4.94. The van der Waals surface area contributed by atoms with Crippen molar-refractivity contribution < 1.29 is 13.2 Å². The van der Waals surface area contributed by atoms with Gasteiger partial charge < -0.3 is 10.6 Å². The maximum Gasteiger partial charge on any atom is 0.319 e. The van der Waals surface area contributed by atoms with Crippen molar-refractivity contribution >= 4 is 27.4 Å². The van der Waals surface area contributed by atoms with E-state index in [1.165, 1.54) is 10.6 Å². The Morgan fingerprint density at radius 1 is 1.16 bits per heavy atom. The zero-order valence-corrected chi connectivity index (χ0v) is 14.8. The fourth-order valence-electron chi connectivity index (χ4n) is 2.91. The molecule has 0 unspecified atom stereocenters. The van der Waals surface area contributed by atoms with Crippen LogP contribution in [0.4, 0.5) is 16.2 Å². The smallest absolute Gasteiger partial charge is 0.319 e. The Morgan fingerprint density at radius 2 is 1.92 bits per heavy atom. The molecule has 2 aromatic carbocycles. The Morgan fingerprint density at radius 3 is 2.64 bits per heavy atom. The van der Waals surface area contributed by atoms with Crippen molar-refractivity contribution in [1.29, 1.82) is 0 Å². The number of hydrogen-bond acceptors (Lipinski definition) is 3. The molecule has 0 saturated heterocycles. The normalized spacial score (nSPS) is 13.4. The molecule has 0 fully saturated rings. The molecule has 6 nitrogen and oxygen atoms in total. The van der Waals surface area contributed by atoms with Gasteiger partial charge in [-0.3, -0.25) is 4.31 Å². The van der Waals surface area contributed by atoms with E-state index in [0.717, 1.165) is 17.5 Å². The average molecular weight is 359 g/mol. The van der Waals surface area contributed by atoms with Gasteiger partial charge in [0.25, 0.3) is 0 Å².